The number of nitrogens with zero attached hydrogens (tertiary/aromatic N) is 8. The van der Waals surface area contributed by atoms with Crippen LogP contribution >= 0.6 is 11.8 Å². The first-order chi connectivity index (χ1) is 19.2. The van der Waals surface area contributed by atoms with Gasteiger partial charge in [-0.1, -0.05) is 0 Å². The summed E-state index contributed by atoms with van der Waals surface area (Å²) in [7, 11) is 0. The van der Waals surface area contributed by atoms with Crippen molar-refractivity contribution in [2.75, 3.05) is 0 Å². The van der Waals surface area contributed by atoms with E-state index in [-0.39, 0.29) is 0 Å². The predicted octanol–water partition coefficient (Wildman–Crippen LogP) is 3.46. The fourth-order valence-electron chi connectivity index (χ4n) is 2.31. The van der Waals surface area contributed by atoms with Gasteiger partial charge in [0.25, 0.3) is 41.4 Å². The number of aromatic nitrogens is 8. The summed E-state index contributed by atoms with van der Waals surface area (Å²) in [5, 5.41) is 15.1. The van der Waals surface area contributed by atoms with Gasteiger partial charge in [0.05, 0.1) is 0 Å². The first-order valence-electron chi connectivity index (χ1n) is 9.49. The zero-order valence-corrected chi connectivity index (χ0v) is 19.1. The molecule has 4 heterocycles. The lowest BCUT2D eigenvalue weighted by Gasteiger charge is -2.30. The number of rotatable bonds is 8. The van der Waals surface area contributed by atoms with Crippen LogP contribution in [0.25, 0.3) is 0 Å². The van der Waals surface area contributed by atoms with Crippen LogP contribution in [0.15, 0.2) is 5.03 Å². The Morgan fingerprint density at radius 3 is 1.00 bits per heavy atom. The monoisotopic (exact) mass is 624 g/mol. The Bertz CT molecular complexity index is 1430. The van der Waals surface area contributed by atoms with Crippen LogP contribution in [0.1, 0.15) is 0 Å². The second-order valence-electron chi connectivity index (χ2n) is 6.60. The lowest BCUT2D eigenvalue weighted by molar-refractivity contribution is -0.186. The number of thioether (sulfide) groups is 1. The highest BCUT2D eigenvalue weighted by Gasteiger charge is 2.48. The molecule has 0 fully saturated rings. The molecule has 0 aliphatic rings. The molecule has 0 unspecified atom stereocenters. The molecule has 24 heteroatoms. The molecule has 0 aliphatic heterocycles. The average Bonchev–Trinajstić information content (AvgIpc) is 2.94. The molecule has 11 nitrogen and oxygen atoms in total. The third kappa shape index (κ3) is 5.62. The van der Waals surface area contributed by atoms with Crippen LogP contribution in [-0.2, 0) is 0 Å². The van der Waals surface area contributed by atoms with Crippen molar-refractivity contribution in [2.24, 2.45) is 0 Å². The van der Waals surface area contributed by atoms with E-state index in [1.807, 2.05) is 0 Å². The van der Waals surface area contributed by atoms with Crippen molar-refractivity contribution in [2.45, 2.75) is 10.3 Å². The van der Waals surface area contributed by atoms with Gasteiger partial charge in [-0.3, -0.25) is 0 Å². The average molecular weight is 624 g/mol. The molecule has 0 saturated heterocycles. The van der Waals surface area contributed by atoms with Crippen molar-refractivity contribution < 1.29 is 66.9 Å². The van der Waals surface area contributed by atoms with Gasteiger partial charge in [0.15, 0.2) is 10.8 Å². The molecule has 0 saturated carbocycles. The molecule has 0 bridgehead atoms. The van der Waals surface area contributed by atoms with Crippen LogP contribution < -0.4 is 14.2 Å². The van der Waals surface area contributed by atoms with Gasteiger partial charge in [0.1, 0.15) is 0 Å². The van der Waals surface area contributed by atoms with Gasteiger partial charge in [0, 0.05) is 11.8 Å². The number of hydrogen-bond donors (Lipinski definition) is 0. The lowest BCUT2D eigenvalue weighted by atomic mass is 10.5. The molecule has 0 spiro atoms. The summed E-state index contributed by atoms with van der Waals surface area (Å²) in [6.07, 6.45) is 0. The first kappa shape index (κ1) is 29.2. The maximum absolute atomic E-state index is 14.5. The Kier molecular flexibility index (Phi) is 7.85. The minimum absolute atomic E-state index is 0.847. The van der Waals surface area contributed by atoms with E-state index in [1.54, 1.807) is 0 Å². The first-order valence-corrected chi connectivity index (χ1v) is 10.3. The highest BCUT2D eigenvalue weighted by Crippen LogP contribution is 2.40. The molecule has 216 valence electrons. The molecule has 0 N–H and O–H groups in total. The van der Waals surface area contributed by atoms with Crippen molar-refractivity contribution in [3.63, 3.8) is 0 Å². The van der Waals surface area contributed by atoms with E-state index in [0.717, 1.165) is 0 Å². The topological polar surface area (TPSA) is 131 Å². The summed E-state index contributed by atoms with van der Waals surface area (Å²) in [5.41, 5.74) is 0. The van der Waals surface area contributed by atoms with Gasteiger partial charge < -0.3 is 14.2 Å². The summed E-state index contributed by atoms with van der Waals surface area (Å²) >= 11 is -0.847. The fourth-order valence-corrected chi connectivity index (χ4v) is 3.17. The minimum Gasteiger partial charge on any atom is -0.389 e. The van der Waals surface area contributed by atoms with Gasteiger partial charge >= 0.3 is 5.31 Å². The van der Waals surface area contributed by atoms with E-state index in [4.69, 9.17) is 0 Å². The van der Waals surface area contributed by atoms with E-state index in [2.05, 4.69) is 55.0 Å². The third-order valence-electron chi connectivity index (χ3n) is 4.05. The van der Waals surface area contributed by atoms with Crippen molar-refractivity contribution in [1.82, 2.24) is 40.8 Å². The Hall–Kier alpha value is -4.77. The molecule has 0 amide bonds. The van der Waals surface area contributed by atoms with Crippen LogP contribution in [0.5, 0.6) is 17.6 Å². The van der Waals surface area contributed by atoms with E-state index < -0.39 is 110 Å². The van der Waals surface area contributed by atoms with Gasteiger partial charge in [-0.2, -0.15) is 48.3 Å². The zero-order chi connectivity index (χ0) is 30.2. The van der Waals surface area contributed by atoms with Crippen LogP contribution in [-0.4, -0.2) is 46.1 Å². The Balaban J connectivity index is 1.98. The summed E-state index contributed by atoms with van der Waals surface area (Å²) in [6, 6.07) is 0. The molecule has 4 aromatic rings. The second kappa shape index (κ2) is 11.0. The highest BCUT2D eigenvalue weighted by molar-refractivity contribution is 8.00. The van der Waals surface area contributed by atoms with E-state index >= 15 is 0 Å². The number of hydrogen-bond acceptors (Lipinski definition) is 12. The number of halogens is 12. The standard InChI is InChI=1S/C17F12N8O3S/c18-1-5(22)13(34-30-9(1)26)38-17(39-14-6(23)2(19)10(27)31-35-14,40-15-7(24)3(20)11(28)32-36-15)41-16-8(25)4(21)12(29)33-37-16. The minimum atomic E-state index is -4.08. The van der Waals surface area contributed by atoms with Gasteiger partial charge in [-0.15, -0.1) is 40.8 Å². The Labute approximate surface area is 218 Å². The molecule has 4 rings (SSSR count). The van der Waals surface area contributed by atoms with Crippen LogP contribution in [0.4, 0.5) is 52.7 Å². The van der Waals surface area contributed by atoms with Crippen LogP contribution in [0.3, 0.4) is 0 Å². The normalized spacial score (nSPS) is 11.5. The highest BCUT2D eigenvalue weighted by atomic mass is 32.2. The van der Waals surface area contributed by atoms with E-state index in [9.17, 15) is 52.7 Å². The third-order valence-corrected chi connectivity index (χ3v) is 5.00. The van der Waals surface area contributed by atoms with Crippen molar-refractivity contribution in [3.8, 4) is 17.6 Å². The maximum atomic E-state index is 14.5. The van der Waals surface area contributed by atoms with Crippen molar-refractivity contribution in [1.29, 1.82) is 0 Å². The lowest BCUT2D eigenvalue weighted by Crippen LogP contribution is -2.47. The zero-order valence-electron chi connectivity index (χ0n) is 18.2. The van der Waals surface area contributed by atoms with Gasteiger partial charge in [-0.25, -0.2) is 4.39 Å². The van der Waals surface area contributed by atoms with Crippen molar-refractivity contribution >= 4 is 11.8 Å². The van der Waals surface area contributed by atoms with Crippen LogP contribution in [0.2, 0.25) is 0 Å². The molecular weight excluding hydrogens is 624 g/mol. The van der Waals surface area contributed by atoms with Gasteiger partial charge in [0.2, 0.25) is 40.7 Å². The predicted molar refractivity (Wildman–Crippen MR) is 98.1 cm³/mol. The summed E-state index contributed by atoms with van der Waals surface area (Å²) in [4.78, 5) is 0. The largest absolute Gasteiger partial charge is 0.484 e. The van der Waals surface area contributed by atoms with Crippen molar-refractivity contribution in [3.05, 3.63) is 70.3 Å². The smallest absolute Gasteiger partial charge is 0.389 e. The van der Waals surface area contributed by atoms with Gasteiger partial charge in [-0.05, 0) is 0 Å². The second-order valence-corrected chi connectivity index (χ2v) is 7.69. The number of ether oxygens (including phenoxy) is 3. The summed E-state index contributed by atoms with van der Waals surface area (Å²) < 4.78 is 180. The molecular formula is C17F12N8O3S. The summed E-state index contributed by atoms with van der Waals surface area (Å²) in [5.74, 6) is -34.0. The molecule has 0 aliphatic carbocycles. The molecule has 4 aromatic heterocycles. The summed E-state index contributed by atoms with van der Waals surface area (Å²) in [6.45, 7) is 0. The Morgan fingerprint density at radius 2 is 0.659 bits per heavy atom. The Morgan fingerprint density at radius 1 is 0.366 bits per heavy atom. The fraction of sp³-hybridized carbons (Fsp3) is 0.0588. The SMILES string of the molecule is Fc1nnc(OC(Oc2nnc(F)c(F)c2F)(Oc2nnc(F)c(F)c2F)Sc2nnc(F)c(F)c2F)c(F)c1F. The maximum Gasteiger partial charge on any atom is 0.484 e. The quantitative estimate of drug-likeness (QED) is 0.162. The molecule has 0 aromatic carbocycles. The van der Waals surface area contributed by atoms with E-state index in [1.165, 1.54) is 0 Å². The molecule has 0 radical (unpaired) electrons. The molecule has 0 atom stereocenters. The molecule has 41 heavy (non-hydrogen) atoms. The van der Waals surface area contributed by atoms with E-state index in [0.29, 0.717) is 0 Å². The van der Waals surface area contributed by atoms with Crippen LogP contribution in [0, 0.1) is 70.3 Å².